The molecule has 17 heavy (non-hydrogen) atoms. The van der Waals surface area contributed by atoms with Crippen molar-refractivity contribution in [2.45, 2.75) is 0 Å². The molecule has 0 fully saturated rings. The van der Waals surface area contributed by atoms with Gasteiger partial charge < -0.3 is 0 Å². The van der Waals surface area contributed by atoms with Gasteiger partial charge in [0.2, 0.25) is 0 Å². The van der Waals surface area contributed by atoms with Gasteiger partial charge in [-0.2, -0.15) is 0 Å². The fraction of sp³-hybridized carbons (Fsp3) is 0. The lowest BCUT2D eigenvalue weighted by atomic mass is 9.99. The summed E-state index contributed by atoms with van der Waals surface area (Å²) in [7, 11) is 0. The summed E-state index contributed by atoms with van der Waals surface area (Å²) in [5.41, 5.74) is 3.29. The average Bonchev–Trinajstić information content (AvgIpc) is 2.73. The van der Waals surface area contributed by atoms with Crippen LogP contribution in [0, 0.1) is 18.1 Å². The molecular weight excluding hydrogens is 218 g/mol. The van der Waals surface area contributed by atoms with Gasteiger partial charge in [-0.25, -0.2) is 8.78 Å². The highest BCUT2D eigenvalue weighted by Crippen LogP contribution is 2.34. The molecule has 0 bridgehead atoms. The van der Waals surface area contributed by atoms with E-state index in [9.17, 15) is 8.78 Å². The number of halogens is 2. The molecular formula is C15H9F2. The minimum atomic E-state index is -0.554. The Morgan fingerprint density at radius 2 is 1.65 bits per heavy atom. The smallest absolute Gasteiger partial charge is 0.133 e. The van der Waals surface area contributed by atoms with Gasteiger partial charge in [0.15, 0.2) is 0 Å². The summed E-state index contributed by atoms with van der Waals surface area (Å²) < 4.78 is 26.6. The average molecular weight is 227 g/mol. The molecule has 1 aliphatic rings. The second kappa shape index (κ2) is 3.81. The topological polar surface area (TPSA) is 0 Å². The summed E-state index contributed by atoms with van der Waals surface area (Å²) in [4.78, 5) is 0. The summed E-state index contributed by atoms with van der Waals surface area (Å²) >= 11 is 0. The maximum atomic E-state index is 13.7. The van der Waals surface area contributed by atoms with Crippen molar-refractivity contribution in [1.82, 2.24) is 0 Å². The number of fused-ring (bicyclic) bond motifs is 1. The third-order valence-electron chi connectivity index (χ3n) is 2.90. The Hall–Kier alpha value is -1.96. The summed E-state index contributed by atoms with van der Waals surface area (Å²) in [5, 5.41) is 0. The second-order valence-electron chi connectivity index (χ2n) is 3.96. The van der Waals surface area contributed by atoms with Gasteiger partial charge in [-0.3, -0.25) is 0 Å². The molecule has 0 aromatic heterocycles. The molecule has 0 aliphatic heterocycles. The minimum absolute atomic E-state index is 0.438. The largest absolute Gasteiger partial charge is 0.207 e. The van der Waals surface area contributed by atoms with Crippen LogP contribution in [0.5, 0.6) is 0 Å². The maximum Gasteiger partial charge on any atom is 0.133 e. The first-order valence-corrected chi connectivity index (χ1v) is 5.35. The molecule has 0 amide bonds. The van der Waals surface area contributed by atoms with Crippen molar-refractivity contribution in [1.29, 1.82) is 0 Å². The van der Waals surface area contributed by atoms with Crippen LogP contribution in [0.3, 0.4) is 0 Å². The molecule has 3 rings (SSSR count). The Kier molecular flexibility index (Phi) is 2.29. The third kappa shape index (κ3) is 1.66. The van der Waals surface area contributed by atoms with Crippen LogP contribution < -0.4 is 0 Å². The lowest BCUT2D eigenvalue weighted by molar-refractivity contribution is 0.581. The highest BCUT2D eigenvalue weighted by atomic mass is 19.1. The van der Waals surface area contributed by atoms with Gasteiger partial charge in [0.05, 0.1) is 0 Å². The standard InChI is InChI=1S/C15H9F2/c16-11-6-8-14(15(17)9-11)13-7-5-10-3-1-2-4-12(10)13/h1-9H. The SMILES string of the molecule is Fc1ccc(C2=C[CH]c3ccccc32)c(F)c1. The fourth-order valence-electron chi connectivity index (χ4n) is 2.09. The van der Waals surface area contributed by atoms with Crippen LogP contribution in [-0.2, 0) is 0 Å². The molecule has 1 aliphatic carbocycles. The Bertz CT molecular complexity index is 612. The Labute approximate surface area is 98.2 Å². The number of hydrogen-bond donors (Lipinski definition) is 0. The zero-order valence-corrected chi connectivity index (χ0v) is 8.95. The monoisotopic (exact) mass is 227 g/mol. The van der Waals surface area contributed by atoms with E-state index in [2.05, 4.69) is 0 Å². The Morgan fingerprint density at radius 1 is 0.824 bits per heavy atom. The quantitative estimate of drug-likeness (QED) is 0.691. The maximum absolute atomic E-state index is 13.7. The van der Waals surface area contributed by atoms with Crippen molar-refractivity contribution in [3.63, 3.8) is 0 Å². The van der Waals surface area contributed by atoms with Crippen LogP contribution in [0.25, 0.3) is 5.57 Å². The first-order chi connectivity index (χ1) is 8.25. The molecule has 0 atom stereocenters. The summed E-state index contributed by atoms with van der Waals surface area (Å²) in [6, 6.07) is 11.4. The summed E-state index contributed by atoms with van der Waals surface area (Å²) in [5.74, 6) is -1.08. The van der Waals surface area contributed by atoms with Crippen molar-refractivity contribution in [3.05, 3.63) is 83.3 Å². The zero-order chi connectivity index (χ0) is 11.8. The highest BCUT2D eigenvalue weighted by molar-refractivity contribution is 5.87. The first kappa shape index (κ1) is 10.2. The van der Waals surface area contributed by atoms with Crippen LogP contribution in [0.1, 0.15) is 16.7 Å². The van der Waals surface area contributed by atoms with Crippen LogP contribution in [0.4, 0.5) is 8.78 Å². The summed E-state index contributed by atoms with van der Waals surface area (Å²) in [6.07, 6.45) is 3.80. The van der Waals surface area contributed by atoms with Gasteiger partial charge in [0.1, 0.15) is 11.6 Å². The molecule has 0 spiro atoms. The van der Waals surface area contributed by atoms with E-state index in [-0.39, 0.29) is 0 Å². The molecule has 0 unspecified atom stereocenters. The number of rotatable bonds is 1. The molecule has 0 saturated carbocycles. The number of hydrogen-bond acceptors (Lipinski definition) is 0. The third-order valence-corrected chi connectivity index (χ3v) is 2.90. The van der Waals surface area contributed by atoms with E-state index in [0.717, 1.165) is 22.8 Å². The van der Waals surface area contributed by atoms with Crippen molar-refractivity contribution >= 4 is 5.57 Å². The van der Waals surface area contributed by atoms with Crippen molar-refractivity contribution in [2.24, 2.45) is 0 Å². The van der Waals surface area contributed by atoms with E-state index in [1.807, 2.05) is 36.8 Å². The van der Waals surface area contributed by atoms with E-state index in [0.29, 0.717) is 5.56 Å². The van der Waals surface area contributed by atoms with E-state index < -0.39 is 11.6 Å². The fourth-order valence-corrected chi connectivity index (χ4v) is 2.09. The Morgan fingerprint density at radius 3 is 2.47 bits per heavy atom. The lowest BCUT2D eigenvalue weighted by Gasteiger charge is -2.07. The molecule has 0 saturated heterocycles. The van der Waals surface area contributed by atoms with Crippen molar-refractivity contribution in [3.8, 4) is 0 Å². The lowest BCUT2D eigenvalue weighted by Crippen LogP contribution is -1.92. The van der Waals surface area contributed by atoms with Gasteiger partial charge >= 0.3 is 0 Å². The van der Waals surface area contributed by atoms with Gasteiger partial charge in [-0.05, 0) is 28.8 Å². The first-order valence-electron chi connectivity index (χ1n) is 5.35. The van der Waals surface area contributed by atoms with Crippen LogP contribution in [0.15, 0.2) is 48.5 Å². The van der Waals surface area contributed by atoms with E-state index >= 15 is 0 Å². The van der Waals surface area contributed by atoms with Crippen LogP contribution in [0.2, 0.25) is 0 Å². The van der Waals surface area contributed by atoms with Gasteiger partial charge in [0.25, 0.3) is 0 Å². The molecule has 2 aromatic carbocycles. The summed E-state index contributed by atoms with van der Waals surface area (Å²) in [6.45, 7) is 0. The van der Waals surface area contributed by atoms with Gasteiger partial charge in [-0.1, -0.05) is 30.3 Å². The normalized spacial score (nSPS) is 13.4. The van der Waals surface area contributed by atoms with E-state index in [1.54, 1.807) is 0 Å². The van der Waals surface area contributed by atoms with Crippen molar-refractivity contribution < 1.29 is 8.78 Å². The molecule has 83 valence electrons. The number of benzene rings is 2. The molecule has 2 aromatic rings. The molecule has 2 heteroatoms. The van der Waals surface area contributed by atoms with E-state index in [1.165, 1.54) is 12.1 Å². The molecule has 0 heterocycles. The minimum Gasteiger partial charge on any atom is -0.207 e. The predicted octanol–water partition coefficient (Wildman–Crippen LogP) is 3.96. The predicted molar refractivity (Wildman–Crippen MR) is 63.3 cm³/mol. The highest BCUT2D eigenvalue weighted by Gasteiger charge is 2.17. The zero-order valence-electron chi connectivity index (χ0n) is 8.95. The molecule has 1 radical (unpaired) electrons. The molecule has 0 nitrogen and oxygen atoms in total. The van der Waals surface area contributed by atoms with Gasteiger partial charge in [-0.15, -0.1) is 0 Å². The van der Waals surface area contributed by atoms with Gasteiger partial charge in [0, 0.05) is 18.1 Å². The van der Waals surface area contributed by atoms with E-state index in [4.69, 9.17) is 0 Å². The Balaban J connectivity index is 2.13. The number of allylic oxidation sites excluding steroid dienone is 1. The second-order valence-corrected chi connectivity index (χ2v) is 3.96. The van der Waals surface area contributed by atoms with Crippen LogP contribution in [-0.4, -0.2) is 0 Å². The van der Waals surface area contributed by atoms with Crippen molar-refractivity contribution in [2.75, 3.05) is 0 Å². The van der Waals surface area contributed by atoms with Crippen LogP contribution >= 0.6 is 0 Å². The molecule has 0 N–H and O–H groups in total.